The van der Waals surface area contributed by atoms with Crippen molar-refractivity contribution in [2.75, 3.05) is 7.05 Å². The Morgan fingerprint density at radius 3 is 2.72 bits per heavy atom. The van der Waals surface area contributed by atoms with E-state index in [1.807, 2.05) is 13.1 Å². The lowest BCUT2D eigenvalue weighted by atomic mass is 9.97. The first kappa shape index (κ1) is 13.8. The minimum absolute atomic E-state index is 0.0155. The number of benzene rings is 1. The van der Waals surface area contributed by atoms with Crippen LogP contribution in [-0.2, 0) is 4.74 Å². The fraction of sp³-hybridized carbons (Fsp3) is 0.571. The first-order chi connectivity index (χ1) is 8.52. The van der Waals surface area contributed by atoms with Crippen molar-refractivity contribution in [1.29, 1.82) is 0 Å². The van der Waals surface area contributed by atoms with E-state index in [2.05, 4.69) is 12.2 Å². The minimum atomic E-state index is -0.265. The van der Waals surface area contributed by atoms with Crippen molar-refractivity contribution in [3.63, 3.8) is 0 Å². The molecule has 2 rings (SSSR count). The summed E-state index contributed by atoms with van der Waals surface area (Å²) in [5.74, 6) is -0.265. The van der Waals surface area contributed by atoms with Gasteiger partial charge in [-0.3, -0.25) is 0 Å². The van der Waals surface area contributed by atoms with Crippen LogP contribution in [0.15, 0.2) is 12.1 Å². The second kappa shape index (κ2) is 5.55. The normalized spacial score (nSPS) is 25.4. The fourth-order valence-electron chi connectivity index (χ4n) is 2.54. The van der Waals surface area contributed by atoms with Crippen molar-refractivity contribution < 1.29 is 9.13 Å². The standard InChI is InChI=1S/C14H19ClFNO/c1-8-6-10(11(15)7-12(8)16)14(17-3)13-5-4-9(2)18-13/h6-7,9,13-14,17H,4-5H2,1-3H3. The van der Waals surface area contributed by atoms with Crippen LogP contribution >= 0.6 is 11.6 Å². The number of likely N-dealkylation sites (N-methyl/N-ethyl adjacent to an activating group) is 1. The molecule has 0 bridgehead atoms. The molecule has 1 aromatic carbocycles. The van der Waals surface area contributed by atoms with Gasteiger partial charge in [-0.15, -0.1) is 0 Å². The van der Waals surface area contributed by atoms with E-state index in [4.69, 9.17) is 16.3 Å². The van der Waals surface area contributed by atoms with E-state index in [1.165, 1.54) is 6.07 Å². The average molecular weight is 272 g/mol. The molecule has 0 spiro atoms. The Labute approximate surface area is 112 Å². The molecule has 3 unspecified atom stereocenters. The maximum atomic E-state index is 13.4. The summed E-state index contributed by atoms with van der Waals surface area (Å²) in [4.78, 5) is 0. The number of halogens is 2. The topological polar surface area (TPSA) is 21.3 Å². The smallest absolute Gasteiger partial charge is 0.127 e. The summed E-state index contributed by atoms with van der Waals surface area (Å²) < 4.78 is 19.3. The van der Waals surface area contributed by atoms with Crippen LogP contribution in [0.25, 0.3) is 0 Å². The van der Waals surface area contributed by atoms with Crippen LogP contribution in [0, 0.1) is 12.7 Å². The average Bonchev–Trinajstić information content (AvgIpc) is 2.73. The lowest BCUT2D eigenvalue weighted by Gasteiger charge is -2.25. The maximum Gasteiger partial charge on any atom is 0.127 e. The van der Waals surface area contributed by atoms with E-state index >= 15 is 0 Å². The number of nitrogens with one attached hydrogen (secondary N) is 1. The zero-order valence-corrected chi connectivity index (χ0v) is 11.7. The molecule has 0 aliphatic carbocycles. The summed E-state index contributed by atoms with van der Waals surface area (Å²) in [5.41, 5.74) is 1.53. The Bertz CT molecular complexity index is 438. The molecule has 1 aliphatic heterocycles. The number of ether oxygens (including phenoxy) is 1. The summed E-state index contributed by atoms with van der Waals surface area (Å²) in [7, 11) is 1.88. The van der Waals surface area contributed by atoms with Gasteiger partial charge < -0.3 is 10.1 Å². The van der Waals surface area contributed by atoms with Crippen molar-refractivity contribution in [2.45, 2.75) is 44.9 Å². The summed E-state index contributed by atoms with van der Waals surface area (Å²) in [6.07, 6.45) is 2.44. The Kier molecular flexibility index (Phi) is 4.25. The van der Waals surface area contributed by atoms with Crippen molar-refractivity contribution in [3.8, 4) is 0 Å². The maximum absolute atomic E-state index is 13.4. The van der Waals surface area contributed by atoms with Gasteiger partial charge in [0, 0.05) is 5.02 Å². The predicted molar refractivity (Wildman–Crippen MR) is 71.5 cm³/mol. The molecule has 0 saturated carbocycles. The Morgan fingerprint density at radius 2 is 2.17 bits per heavy atom. The summed E-state index contributed by atoms with van der Waals surface area (Å²) in [5, 5.41) is 3.70. The summed E-state index contributed by atoms with van der Waals surface area (Å²) >= 11 is 6.15. The van der Waals surface area contributed by atoms with Crippen LogP contribution in [0.2, 0.25) is 5.02 Å². The van der Waals surface area contributed by atoms with E-state index in [0.717, 1.165) is 18.4 Å². The second-order valence-electron chi connectivity index (χ2n) is 4.95. The van der Waals surface area contributed by atoms with Crippen LogP contribution in [0.3, 0.4) is 0 Å². The minimum Gasteiger partial charge on any atom is -0.373 e. The Balaban J connectivity index is 2.30. The van der Waals surface area contributed by atoms with E-state index in [9.17, 15) is 4.39 Å². The molecule has 1 N–H and O–H groups in total. The highest BCUT2D eigenvalue weighted by Crippen LogP contribution is 2.34. The highest BCUT2D eigenvalue weighted by Gasteiger charge is 2.31. The molecular formula is C14H19ClFNO. The molecule has 1 fully saturated rings. The molecule has 1 aromatic rings. The molecule has 0 amide bonds. The van der Waals surface area contributed by atoms with Gasteiger partial charge >= 0.3 is 0 Å². The van der Waals surface area contributed by atoms with Crippen LogP contribution in [0.4, 0.5) is 4.39 Å². The van der Waals surface area contributed by atoms with Crippen molar-refractivity contribution in [2.24, 2.45) is 0 Å². The van der Waals surface area contributed by atoms with E-state index < -0.39 is 0 Å². The van der Waals surface area contributed by atoms with E-state index in [1.54, 1.807) is 6.92 Å². The van der Waals surface area contributed by atoms with Gasteiger partial charge in [0.2, 0.25) is 0 Å². The first-order valence-corrected chi connectivity index (χ1v) is 6.69. The van der Waals surface area contributed by atoms with Crippen molar-refractivity contribution >= 4 is 11.6 Å². The van der Waals surface area contributed by atoms with Crippen LogP contribution in [-0.4, -0.2) is 19.3 Å². The lowest BCUT2D eigenvalue weighted by Crippen LogP contribution is -2.30. The Morgan fingerprint density at radius 1 is 1.44 bits per heavy atom. The number of hydrogen-bond donors (Lipinski definition) is 1. The van der Waals surface area contributed by atoms with Gasteiger partial charge in [0.05, 0.1) is 18.2 Å². The summed E-state index contributed by atoms with van der Waals surface area (Å²) in [6.45, 7) is 3.82. The number of hydrogen-bond acceptors (Lipinski definition) is 2. The van der Waals surface area contributed by atoms with Crippen molar-refractivity contribution in [3.05, 3.63) is 34.1 Å². The van der Waals surface area contributed by atoms with Crippen LogP contribution < -0.4 is 5.32 Å². The van der Waals surface area contributed by atoms with Crippen molar-refractivity contribution in [1.82, 2.24) is 5.32 Å². The highest BCUT2D eigenvalue weighted by molar-refractivity contribution is 6.31. The molecule has 1 heterocycles. The van der Waals surface area contributed by atoms with E-state index in [-0.39, 0.29) is 24.1 Å². The SMILES string of the molecule is CNC(c1cc(C)c(F)cc1Cl)C1CCC(C)O1. The van der Waals surface area contributed by atoms with Gasteiger partial charge in [-0.2, -0.15) is 0 Å². The zero-order valence-electron chi connectivity index (χ0n) is 11.0. The monoisotopic (exact) mass is 271 g/mol. The first-order valence-electron chi connectivity index (χ1n) is 6.31. The van der Waals surface area contributed by atoms with E-state index in [0.29, 0.717) is 10.6 Å². The molecule has 2 nitrogen and oxygen atoms in total. The summed E-state index contributed by atoms with van der Waals surface area (Å²) in [6, 6.07) is 3.21. The van der Waals surface area contributed by atoms with Gasteiger partial charge in [-0.1, -0.05) is 17.7 Å². The van der Waals surface area contributed by atoms with Gasteiger partial charge in [0.1, 0.15) is 5.82 Å². The zero-order chi connectivity index (χ0) is 13.3. The van der Waals surface area contributed by atoms with Gasteiger partial charge in [-0.05, 0) is 50.9 Å². The highest BCUT2D eigenvalue weighted by atomic mass is 35.5. The molecule has 1 saturated heterocycles. The van der Waals surface area contributed by atoms with Gasteiger partial charge in [0.25, 0.3) is 0 Å². The molecular weight excluding hydrogens is 253 g/mol. The third-order valence-corrected chi connectivity index (χ3v) is 3.89. The quantitative estimate of drug-likeness (QED) is 0.907. The molecule has 4 heteroatoms. The number of aryl methyl sites for hydroxylation is 1. The predicted octanol–water partition coefficient (Wildman–Crippen LogP) is 3.62. The van der Waals surface area contributed by atoms with Crippen LogP contribution in [0.1, 0.15) is 36.9 Å². The molecule has 100 valence electrons. The molecule has 18 heavy (non-hydrogen) atoms. The molecule has 0 radical (unpaired) electrons. The Hall–Kier alpha value is -0.640. The van der Waals surface area contributed by atoms with Gasteiger partial charge in [0.15, 0.2) is 0 Å². The fourth-order valence-corrected chi connectivity index (χ4v) is 2.81. The van der Waals surface area contributed by atoms with Crippen LogP contribution in [0.5, 0.6) is 0 Å². The largest absolute Gasteiger partial charge is 0.373 e. The number of rotatable bonds is 3. The molecule has 0 aromatic heterocycles. The second-order valence-corrected chi connectivity index (χ2v) is 5.36. The third kappa shape index (κ3) is 2.68. The third-order valence-electron chi connectivity index (χ3n) is 3.56. The molecule has 1 aliphatic rings. The molecule has 3 atom stereocenters. The lowest BCUT2D eigenvalue weighted by molar-refractivity contribution is 0.0333. The van der Waals surface area contributed by atoms with Gasteiger partial charge in [-0.25, -0.2) is 4.39 Å².